The number of aryl methyl sites for hydroxylation is 1. The Hall–Kier alpha value is -2.79. The summed E-state index contributed by atoms with van der Waals surface area (Å²) in [5, 5.41) is 17.1. The minimum absolute atomic E-state index is 0.315. The maximum absolute atomic E-state index is 12.5. The van der Waals surface area contributed by atoms with Crippen LogP contribution in [0.25, 0.3) is 10.9 Å². The zero-order valence-electron chi connectivity index (χ0n) is 13.4. The number of anilines is 1. The predicted molar refractivity (Wildman–Crippen MR) is 94.0 cm³/mol. The number of rotatable bonds is 2. The number of aliphatic hydroxyl groups excluding tert-OH is 1. The first-order valence-corrected chi connectivity index (χ1v) is 8.01. The van der Waals surface area contributed by atoms with Crippen LogP contribution in [0.15, 0.2) is 54.7 Å². The Morgan fingerprint density at radius 3 is 2.88 bits per heavy atom. The van der Waals surface area contributed by atoms with E-state index in [1.54, 1.807) is 0 Å². The van der Waals surface area contributed by atoms with Crippen LogP contribution >= 0.6 is 0 Å². The summed E-state index contributed by atoms with van der Waals surface area (Å²) >= 11 is 0. The van der Waals surface area contributed by atoms with Gasteiger partial charge in [-0.2, -0.15) is 0 Å². The van der Waals surface area contributed by atoms with Crippen molar-refractivity contribution < 1.29 is 9.90 Å². The van der Waals surface area contributed by atoms with Crippen molar-refractivity contribution >= 4 is 22.6 Å². The van der Waals surface area contributed by atoms with Crippen LogP contribution in [0.1, 0.15) is 17.2 Å². The Morgan fingerprint density at radius 1 is 1.17 bits per heavy atom. The molecule has 122 valence electrons. The van der Waals surface area contributed by atoms with E-state index >= 15 is 0 Å². The standard InChI is InChI=1S/C19H19N3O2/c1-22-10-9-12-6-4-8-15(18(12)22)20-19(24)21-17-14-7-3-2-5-13(14)11-16(17)23/h2-10,16-17,23H,11H2,1H3,(H2,20,21,24). The number of hydrogen-bond donors (Lipinski definition) is 3. The molecule has 0 saturated carbocycles. The summed E-state index contributed by atoms with van der Waals surface area (Å²) in [5.74, 6) is 0. The van der Waals surface area contributed by atoms with E-state index in [4.69, 9.17) is 0 Å². The number of nitrogens with one attached hydrogen (secondary N) is 2. The highest BCUT2D eigenvalue weighted by atomic mass is 16.3. The average molecular weight is 321 g/mol. The predicted octanol–water partition coefficient (Wildman–Crippen LogP) is 2.96. The number of fused-ring (bicyclic) bond motifs is 2. The van der Waals surface area contributed by atoms with E-state index in [1.807, 2.05) is 66.3 Å². The number of hydrogen-bond acceptors (Lipinski definition) is 2. The topological polar surface area (TPSA) is 66.3 Å². The summed E-state index contributed by atoms with van der Waals surface area (Å²) in [6.45, 7) is 0. The summed E-state index contributed by atoms with van der Waals surface area (Å²) in [6.07, 6.45) is 1.93. The Labute approximate surface area is 139 Å². The summed E-state index contributed by atoms with van der Waals surface area (Å²) in [4.78, 5) is 12.5. The van der Waals surface area contributed by atoms with Crippen molar-refractivity contribution in [1.82, 2.24) is 9.88 Å². The second-order valence-corrected chi connectivity index (χ2v) is 6.22. The lowest BCUT2D eigenvalue weighted by Crippen LogP contribution is -2.36. The van der Waals surface area contributed by atoms with E-state index < -0.39 is 6.10 Å². The van der Waals surface area contributed by atoms with Gasteiger partial charge >= 0.3 is 6.03 Å². The number of urea groups is 1. The normalized spacial score (nSPS) is 19.2. The number of aliphatic hydroxyl groups is 1. The second-order valence-electron chi connectivity index (χ2n) is 6.22. The fourth-order valence-electron chi connectivity index (χ4n) is 3.50. The molecule has 1 aromatic heterocycles. The number of aromatic nitrogens is 1. The number of nitrogens with zero attached hydrogens (tertiary/aromatic N) is 1. The van der Waals surface area contributed by atoms with Gasteiger partial charge in [0.05, 0.1) is 23.3 Å². The van der Waals surface area contributed by atoms with Gasteiger partial charge in [-0.1, -0.05) is 36.4 Å². The number of carbonyl (C=O) groups excluding carboxylic acids is 1. The van der Waals surface area contributed by atoms with Crippen LogP contribution in [0.2, 0.25) is 0 Å². The van der Waals surface area contributed by atoms with E-state index in [2.05, 4.69) is 10.6 Å². The molecule has 0 radical (unpaired) electrons. The molecule has 0 fully saturated rings. The van der Waals surface area contributed by atoms with Crippen molar-refractivity contribution in [2.75, 3.05) is 5.32 Å². The highest BCUT2D eigenvalue weighted by Crippen LogP contribution is 2.31. The molecule has 5 nitrogen and oxygen atoms in total. The minimum atomic E-state index is -0.598. The molecule has 24 heavy (non-hydrogen) atoms. The fourth-order valence-corrected chi connectivity index (χ4v) is 3.50. The van der Waals surface area contributed by atoms with Crippen molar-refractivity contribution in [3.63, 3.8) is 0 Å². The molecule has 5 heteroatoms. The van der Waals surface area contributed by atoms with Crippen LogP contribution < -0.4 is 10.6 Å². The molecule has 0 aliphatic heterocycles. The molecule has 1 aliphatic carbocycles. The Balaban J connectivity index is 1.56. The van der Waals surface area contributed by atoms with Gasteiger partial charge in [-0.25, -0.2) is 4.79 Å². The monoisotopic (exact) mass is 321 g/mol. The lowest BCUT2D eigenvalue weighted by atomic mass is 10.1. The van der Waals surface area contributed by atoms with Crippen molar-refractivity contribution in [2.24, 2.45) is 7.05 Å². The van der Waals surface area contributed by atoms with Crippen molar-refractivity contribution in [2.45, 2.75) is 18.6 Å². The van der Waals surface area contributed by atoms with Crippen LogP contribution in [-0.2, 0) is 13.5 Å². The van der Waals surface area contributed by atoms with E-state index in [1.165, 1.54) is 0 Å². The molecule has 0 bridgehead atoms. The average Bonchev–Trinajstić information content (AvgIpc) is 3.09. The Bertz CT molecular complexity index is 916. The third-order valence-electron chi connectivity index (χ3n) is 4.64. The zero-order valence-corrected chi connectivity index (χ0v) is 13.4. The summed E-state index contributed by atoms with van der Waals surface area (Å²) in [7, 11) is 1.95. The first-order valence-electron chi connectivity index (χ1n) is 8.01. The highest BCUT2D eigenvalue weighted by molar-refractivity contribution is 6.00. The van der Waals surface area contributed by atoms with Crippen molar-refractivity contribution in [3.05, 3.63) is 65.9 Å². The zero-order chi connectivity index (χ0) is 16.7. The Kier molecular flexibility index (Phi) is 3.50. The number of benzene rings is 2. The molecule has 1 aliphatic rings. The highest BCUT2D eigenvalue weighted by Gasteiger charge is 2.31. The fraction of sp³-hybridized carbons (Fsp3) is 0.211. The van der Waals surface area contributed by atoms with Crippen molar-refractivity contribution in [1.29, 1.82) is 0 Å². The SMILES string of the molecule is Cn1ccc2cccc(NC(=O)NC3c4ccccc4CC3O)c21. The summed E-state index contributed by atoms with van der Waals surface area (Å²) < 4.78 is 1.98. The second kappa shape index (κ2) is 5.69. The third-order valence-corrected chi connectivity index (χ3v) is 4.64. The van der Waals surface area contributed by atoms with Gasteiger partial charge in [0.1, 0.15) is 0 Å². The first kappa shape index (κ1) is 14.8. The number of carbonyl (C=O) groups is 1. The van der Waals surface area contributed by atoms with E-state index in [0.29, 0.717) is 6.42 Å². The van der Waals surface area contributed by atoms with Gasteiger partial charge < -0.3 is 20.3 Å². The summed E-state index contributed by atoms with van der Waals surface area (Å²) in [6, 6.07) is 14.9. The molecular weight excluding hydrogens is 302 g/mol. The van der Waals surface area contributed by atoms with E-state index in [-0.39, 0.29) is 12.1 Å². The molecule has 2 unspecified atom stereocenters. The van der Waals surface area contributed by atoms with Gasteiger partial charge in [-0.3, -0.25) is 0 Å². The quantitative estimate of drug-likeness (QED) is 0.679. The largest absolute Gasteiger partial charge is 0.390 e. The molecule has 0 saturated heterocycles. The third kappa shape index (κ3) is 2.43. The minimum Gasteiger partial charge on any atom is -0.390 e. The van der Waals surface area contributed by atoms with Crippen molar-refractivity contribution in [3.8, 4) is 0 Å². The first-order chi connectivity index (χ1) is 11.6. The van der Waals surface area contributed by atoms with E-state index in [9.17, 15) is 9.90 Å². The lowest BCUT2D eigenvalue weighted by Gasteiger charge is -2.19. The molecule has 2 atom stereocenters. The molecular formula is C19H19N3O2. The Morgan fingerprint density at radius 2 is 2.00 bits per heavy atom. The molecule has 0 spiro atoms. The molecule has 2 amide bonds. The van der Waals surface area contributed by atoms with Crippen LogP contribution in [0.3, 0.4) is 0 Å². The van der Waals surface area contributed by atoms with Gasteiger partial charge in [0.25, 0.3) is 0 Å². The molecule has 3 N–H and O–H groups in total. The number of para-hydroxylation sites is 1. The van der Waals surface area contributed by atoms with Crippen LogP contribution in [0.5, 0.6) is 0 Å². The van der Waals surface area contributed by atoms with Crippen LogP contribution in [-0.4, -0.2) is 21.8 Å². The van der Waals surface area contributed by atoms with Gasteiger partial charge in [0.2, 0.25) is 0 Å². The van der Waals surface area contributed by atoms with Gasteiger partial charge in [-0.15, -0.1) is 0 Å². The van der Waals surface area contributed by atoms with Crippen LogP contribution in [0.4, 0.5) is 10.5 Å². The van der Waals surface area contributed by atoms with Gasteiger partial charge in [0.15, 0.2) is 0 Å². The maximum Gasteiger partial charge on any atom is 0.319 e. The van der Waals surface area contributed by atoms with Crippen LogP contribution in [0, 0.1) is 0 Å². The number of amides is 2. The van der Waals surface area contributed by atoms with Gasteiger partial charge in [-0.05, 0) is 23.3 Å². The smallest absolute Gasteiger partial charge is 0.319 e. The summed E-state index contributed by atoms with van der Waals surface area (Å²) in [5.41, 5.74) is 3.79. The molecule has 1 heterocycles. The van der Waals surface area contributed by atoms with E-state index in [0.717, 1.165) is 27.7 Å². The molecule has 4 rings (SSSR count). The van der Waals surface area contributed by atoms with Gasteiger partial charge in [0, 0.05) is 25.1 Å². The molecule has 3 aromatic rings. The lowest BCUT2D eigenvalue weighted by molar-refractivity contribution is 0.144. The molecule has 2 aromatic carbocycles. The maximum atomic E-state index is 12.5.